The SMILES string of the molecule is CN(C)S(=O)(=O)c1cccc(NC(=O)Cn2nnc(-c3cccc(F)c3)n2)c1. The first-order valence-corrected chi connectivity index (χ1v) is 9.56. The lowest BCUT2D eigenvalue weighted by molar-refractivity contribution is -0.117. The number of aromatic nitrogens is 4. The van der Waals surface area contributed by atoms with Crippen molar-refractivity contribution in [1.29, 1.82) is 0 Å². The molecule has 11 heteroatoms. The van der Waals surface area contributed by atoms with E-state index in [4.69, 9.17) is 0 Å². The Morgan fingerprint density at radius 3 is 2.64 bits per heavy atom. The van der Waals surface area contributed by atoms with Gasteiger partial charge in [-0.2, -0.15) is 4.80 Å². The molecular formula is C17H17FN6O3S. The molecule has 3 rings (SSSR count). The van der Waals surface area contributed by atoms with Crippen LogP contribution in [0, 0.1) is 5.82 Å². The zero-order chi connectivity index (χ0) is 20.3. The molecule has 0 unspecified atom stereocenters. The molecule has 0 saturated carbocycles. The summed E-state index contributed by atoms with van der Waals surface area (Å²) >= 11 is 0. The van der Waals surface area contributed by atoms with Crippen LogP contribution in [0.2, 0.25) is 0 Å². The summed E-state index contributed by atoms with van der Waals surface area (Å²) in [6.45, 7) is -0.243. The Labute approximate surface area is 160 Å². The van der Waals surface area contributed by atoms with Gasteiger partial charge in [-0.05, 0) is 35.5 Å². The summed E-state index contributed by atoms with van der Waals surface area (Å²) in [4.78, 5) is 13.3. The molecular weight excluding hydrogens is 387 g/mol. The van der Waals surface area contributed by atoms with Crippen LogP contribution in [0.4, 0.5) is 10.1 Å². The predicted molar refractivity (Wildman–Crippen MR) is 99.2 cm³/mol. The highest BCUT2D eigenvalue weighted by Gasteiger charge is 2.18. The molecule has 0 aliphatic heterocycles. The molecule has 0 atom stereocenters. The predicted octanol–water partition coefficient (Wildman–Crippen LogP) is 1.37. The van der Waals surface area contributed by atoms with Gasteiger partial charge in [0.1, 0.15) is 12.4 Å². The van der Waals surface area contributed by atoms with Gasteiger partial charge in [0.25, 0.3) is 0 Å². The minimum Gasteiger partial charge on any atom is -0.324 e. The van der Waals surface area contributed by atoms with Crippen molar-refractivity contribution < 1.29 is 17.6 Å². The molecule has 146 valence electrons. The van der Waals surface area contributed by atoms with Crippen molar-refractivity contribution in [2.45, 2.75) is 11.4 Å². The molecule has 0 radical (unpaired) electrons. The van der Waals surface area contributed by atoms with E-state index >= 15 is 0 Å². The van der Waals surface area contributed by atoms with E-state index in [9.17, 15) is 17.6 Å². The number of carbonyl (C=O) groups is 1. The van der Waals surface area contributed by atoms with Crippen molar-refractivity contribution in [3.63, 3.8) is 0 Å². The second-order valence-corrected chi connectivity index (χ2v) is 8.17. The zero-order valence-corrected chi connectivity index (χ0v) is 15.9. The van der Waals surface area contributed by atoms with Gasteiger partial charge in [0.05, 0.1) is 4.90 Å². The molecule has 0 bridgehead atoms. The molecule has 0 aliphatic rings. The molecule has 1 aromatic heterocycles. The molecule has 28 heavy (non-hydrogen) atoms. The zero-order valence-electron chi connectivity index (χ0n) is 15.1. The number of tetrazole rings is 1. The molecule has 0 saturated heterocycles. The summed E-state index contributed by atoms with van der Waals surface area (Å²) in [7, 11) is -0.766. The smallest absolute Gasteiger partial charge is 0.248 e. The second kappa shape index (κ2) is 7.82. The fourth-order valence-electron chi connectivity index (χ4n) is 2.33. The maximum atomic E-state index is 13.3. The first-order valence-electron chi connectivity index (χ1n) is 8.12. The van der Waals surface area contributed by atoms with E-state index in [0.29, 0.717) is 11.3 Å². The normalized spacial score (nSPS) is 11.6. The average Bonchev–Trinajstić information content (AvgIpc) is 3.10. The highest BCUT2D eigenvalue weighted by molar-refractivity contribution is 7.89. The van der Waals surface area contributed by atoms with Crippen LogP contribution >= 0.6 is 0 Å². The number of nitrogens with zero attached hydrogens (tertiary/aromatic N) is 5. The number of hydrogen-bond donors (Lipinski definition) is 1. The van der Waals surface area contributed by atoms with E-state index in [-0.39, 0.29) is 17.3 Å². The third-order valence-corrected chi connectivity index (χ3v) is 5.53. The quantitative estimate of drug-likeness (QED) is 0.664. The third kappa shape index (κ3) is 4.38. The summed E-state index contributed by atoms with van der Waals surface area (Å²) in [6.07, 6.45) is 0. The number of sulfonamides is 1. The molecule has 1 N–H and O–H groups in total. The average molecular weight is 404 g/mol. The number of carbonyl (C=O) groups excluding carboxylic acids is 1. The van der Waals surface area contributed by atoms with Crippen molar-refractivity contribution >= 4 is 21.6 Å². The Balaban J connectivity index is 1.70. The third-order valence-electron chi connectivity index (χ3n) is 3.72. The summed E-state index contributed by atoms with van der Waals surface area (Å²) in [5, 5.41) is 14.2. The van der Waals surface area contributed by atoms with Gasteiger partial charge < -0.3 is 5.32 Å². The van der Waals surface area contributed by atoms with Crippen LogP contribution in [0.15, 0.2) is 53.4 Å². The number of benzene rings is 2. The minimum absolute atomic E-state index is 0.0579. The van der Waals surface area contributed by atoms with Crippen molar-refractivity contribution in [3.05, 3.63) is 54.3 Å². The first-order chi connectivity index (χ1) is 13.3. The summed E-state index contributed by atoms with van der Waals surface area (Å²) < 4.78 is 38.7. The van der Waals surface area contributed by atoms with Crippen LogP contribution in [0.25, 0.3) is 11.4 Å². The van der Waals surface area contributed by atoms with Gasteiger partial charge in [-0.1, -0.05) is 18.2 Å². The molecule has 0 aliphatic carbocycles. The highest BCUT2D eigenvalue weighted by atomic mass is 32.2. The van der Waals surface area contributed by atoms with Crippen LogP contribution in [0.5, 0.6) is 0 Å². The number of hydrogen-bond acceptors (Lipinski definition) is 6. The maximum Gasteiger partial charge on any atom is 0.248 e. The fourth-order valence-corrected chi connectivity index (χ4v) is 3.28. The van der Waals surface area contributed by atoms with E-state index in [1.807, 2.05) is 0 Å². The van der Waals surface area contributed by atoms with Crippen molar-refractivity contribution in [3.8, 4) is 11.4 Å². The van der Waals surface area contributed by atoms with E-state index in [1.165, 1.54) is 50.5 Å². The molecule has 1 heterocycles. The lowest BCUT2D eigenvalue weighted by atomic mass is 10.2. The lowest BCUT2D eigenvalue weighted by Gasteiger charge is -2.12. The number of rotatable bonds is 6. The number of halogens is 1. The van der Waals surface area contributed by atoms with Crippen LogP contribution in [0.3, 0.4) is 0 Å². The fraction of sp³-hybridized carbons (Fsp3) is 0.176. The van der Waals surface area contributed by atoms with Crippen molar-refractivity contribution in [2.24, 2.45) is 0 Å². The Bertz CT molecular complexity index is 1110. The van der Waals surface area contributed by atoms with E-state index in [1.54, 1.807) is 12.1 Å². The van der Waals surface area contributed by atoms with Crippen LogP contribution < -0.4 is 5.32 Å². The molecule has 0 spiro atoms. The van der Waals surface area contributed by atoms with Crippen molar-refractivity contribution in [1.82, 2.24) is 24.5 Å². The molecule has 2 aromatic carbocycles. The van der Waals surface area contributed by atoms with Crippen LogP contribution in [-0.4, -0.2) is 52.9 Å². The van der Waals surface area contributed by atoms with Gasteiger partial charge in [-0.15, -0.1) is 10.2 Å². The van der Waals surface area contributed by atoms with Gasteiger partial charge in [0.2, 0.25) is 21.8 Å². The first kappa shape index (κ1) is 19.6. The second-order valence-electron chi connectivity index (χ2n) is 6.02. The standard InChI is InChI=1S/C17H17FN6O3S/c1-23(2)28(26,27)15-8-4-7-14(10-15)19-16(25)11-24-21-17(20-22-24)12-5-3-6-13(18)9-12/h3-10H,11H2,1-2H3,(H,19,25). The Hall–Kier alpha value is -3.18. The largest absolute Gasteiger partial charge is 0.324 e. The Morgan fingerprint density at radius 1 is 1.18 bits per heavy atom. The van der Waals surface area contributed by atoms with Crippen LogP contribution in [0.1, 0.15) is 0 Å². The Morgan fingerprint density at radius 2 is 1.93 bits per heavy atom. The number of amides is 1. The van der Waals surface area contributed by atoms with Gasteiger partial charge >= 0.3 is 0 Å². The van der Waals surface area contributed by atoms with Gasteiger partial charge in [0, 0.05) is 25.3 Å². The maximum absolute atomic E-state index is 13.3. The molecule has 0 fully saturated rings. The number of nitrogens with one attached hydrogen (secondary N) is 1. The molecule has 9 nitrogen and oxygen atoms in total. The summed E-state index contributed by atoms with van der Waals surface area (Å²) in [6, 6.07) is 11.6. The van der Waals surface area contributed by atoms with Gasteiger partial charge in [0.15, 0.2) is 0 Å². The van der Waals surface area contributed by atoms with E-state index in [0.717, 1.165) is 9.10 Å². The monoisotopic (exact) mass is 404 g/mol. The van der Waals surface area contributed by atoms with Gasteiger partial charge in [-0.3, -0.25) is 4.79 Å². The van der Waals surface area contributed by atoms with Crippen LogP contribution in [-0.2, 0) is 21.4 Å². The van der Waals surface area contributed by atoms with E-state index in [2.05, 4.69) is 20.7 Å². The topological polar surface area (TPSA) is 110 Å². The Kier molecular flexibility index (Phi) is 5.47. The highest BCUT2D eigenvalue weighted by Crippen LogP contribution is 2.18. The molecule has 1 amide bonds. The van der Waals surface area contributed by atoms with E-state index < -0.39 is 21.7 Å². The summed E-state index contributed by atoms with van der Waals surface area (Å²) in [5.74, 6) is -0.715. The summed E-state index contributed by atoms with van der Waals surface area (Å²) in [5.41, 5.74) is 0.756. The number of anilines is 1. The molecule has 3 aromatic rings. The van der Waals surface area contributed by atoms with Crippen molar-refractivity contribution in [2.75, 3.05) is 19.4 Å². The van der Waals surface area contributed by atoms with Gasteiger partial charge in [-0.25, -0.2) is 17.1 Å². The minimum atomic E-state index is -3.61. The lowest BCUT2D eigenvalue weighted by Crippen LogP contribution is -2.23.